The van der Waals surface area contributed by atoms with Gasteiger partial charge in [-0.1, -0.05) is 11.6 Å². The molecule has 3 N–H and O–H groups in total. The summed E-state index contributed by atoms with van der Waals surface area (Å²) in [6.45, 7) is 4.30. The van der Waals surface area contributed by atoms with E-state index in [2.05, 4.69) is 5.43 Å². The highest BCUT2D eigenvalue weighted by molar-refractivity contribution is 6.31. The quantitative estimate of drug-likeness (QED) is 0.620. The molecule has 0 aliphatic carbocycles. The predicted molar refractivity (Wildman–Crippen MR) is 62.6 cm³/mol. The van der Waals surface area contributed by atoms with E-state index < -0.39 is 0 Å². The fourth-order valence-electron chi connectivity index (χ4n) is 1.59. The Balaban J connectivity index is 2.98. The number of halogens is 2. The molecule has 0 saturated heterocycles. The zero-order chi connectivity index (χ0) is 12.1. The van der Waals surface area contributed by atoms with Crippen molar-refractivity contribution in [3.8, 4) is 0 Å². The largest absolute Gasteiger partial charge is 0.377 e. The van der Waals surface area contributed by atoms with Gasteiger partial charge in [0.15, 0.2) is 0 Å². The third-order valence-corrected chi connectivity index (χ3v) is 2.72. The van der Waals surface area contributed by atoms with Crippen molar-refractivity contribution in [1.29, 1.82) is 0 Å². The molecule has 1 rings (SSSR count). The van der Waals surface area contributed by atoms with E-state index in [4.69, 9.17) is 22.2 Å². The van der Waals surface area contributed by atoms with Crippen LogP contribution in [0, 0.1) is 5.82 Å². The summed E-state index contributed by atoms with van der Waals surface area (Å²) in [6.07, 6.45) is -0.186. The summed E-state index contributed by atoms with van der Waals surface area (Å²) in [7, 11) is 0. The first-order valence-corrected chi connectivity index (χ1v) is 5.50. The highest BCUT2D eigenvalue weighted by Gasteiger charge is 2.21. The highest BCUT2D eigenvalue weighted by Crippen LogP contribution is 2.26. The van der Waals surface area contributed by atoms with Crippen LogP contribution in [0.15, 0.2) is 18.2 Å². The lowest BCUT2D eigenvalue weighted by Gasteiger charge is -2.24. The second kappa shape index (κ2) is 6.15. The Bertz CT molecular complexity index is 349. The fourth-order valence-corrected chi connectivity index (χ4v) is 1.83. The van der Waals surface area contributed by atoms with E-state index in [1.807, 2.05) is 13.8 Å². The number of rotatable bonds is 5. The van der Waals surface area contributed by atoms with Crippen LogP contribution in [0.25, 0.3) is 0 Å². The van der Waals surface area contributed by atoms with Gasteiger partial charge in [0.1, 0.15) is 5.82 Å². The SMILES string of the molecule is CCOC(C)C(NN)c1cc(F)ccc1Cl. The minimum Gasteiger partial charge on any atom is -0.377 e. The second-order valence-corrected chi connectivity index (χ2v) is 3.88. The van der Waals surface area contributed by atoms with Crippen LogP contribution in [0.4, 0.5) is 4.39 Å². The second-order valence-electron chi connectivity index (χ2n) is 3.47. The Morgan fingerprint density at radius 3 is 2.81 bits per heavy atom. The topological polar surface area (TPSA) is 47.3 Å². The molecule has 0 aromatic heterocycles. The Morgan fingerprint density at radius 1 is 1.56 bits per heavy atom. The number of hydrazine groups is 1. The van der Waals surface area contributed by atoms with Crippen LogP contribution in [0.2, 0.25) is 5.02 Å². The van der Waals surface area contributed by atoms with Gasteiger partial charge in [0.05, 0.1) is 12.1 Å². The molecule has 2 unspecified atom stereocenters. The number of nitrogens with one attached hydrogen (secondary N) is 1. The minimum absolute atomic E-state index is 0.186. The number of ether oxygens (including phenoxy) is 1. The van der Waals surface area contributed by atoms with Gasteiger partial charge in [-0.05, 0) is 37.6 Å². The molecule has 0 radical (unpaired) electrons. The first kappa shape index (κ1) is 13.4. The molecule has 1 aromatic carbocycles. The molecule has 0 amide bonds. The van der Waals surface area contributed by atoms with Gasteiger partial charge in [-0.3, -0.25) is 11.3 Å². The van der Waals surface area contributed by atoms with Crippen LogP contribution in [0.5, 0.6) is 0 Å². The number of benzene rings is 1. The smallest absolute Gasteiger partial charge is 0.123 e. The van der Waals surface area contributed by atoms with Gasteiger partial charge in [0.25, 0.3) is 0 Å². The molecule has 0 heterocycles. The molecule has 0 aliphatic rings. The van der Waals surface area contributed by atoms with E-state index in [1.54, 1.807) is 0 Å². The lowest BCUT2D eigenvalue weighted by Crippen LogP contribution is -2.36. The van der Waals surface area contributed by atoms with Gasteiger partial charge >= 0.3 is 0 Å². The summed E-state index contributed by atoms with van der Waals surface area (Å²) < 4.78 is 18.5. The Hall–Kier alpha value is -0.680. The minimum atomic E-state index is -0.344. The molecule has 0 aliphatic heterocycles. The first-order chi connectivity index (χ1) is 7.60. The van der Waals surface area contributed by atoms with Crippen molar-refractivity contribution >= 4 is 11.6 Å². The van der Waals surface area contributed by atoms with E-state index in [-0.39, 0.29) is 18.0 Å². The maximum absolute atomic E-state index is 13.1. The van der Waals surface area contributed by atoms with Crippen molar-refractivity contribution in [2.24, 2.45) is 5.84 Å². The number of nitrogens with two attached hydrogens (primary N) is 1. The normalized spacial score (nSPS) is 14.8. The molecule has 5 heteroatoms. The van der Waals surface area contributed by atoms with Crippen molar-refractivity contribution in [3.05, 3.63) is 34.6 Å². The van der Waals surface area contributed by atoms with Crippen LogP contribution >= 0.6 is 11.6 Å². The van der Waals surface area contributed by atoms with E-state index in [0.717, 1.165) is 0 Å². The van der Waals surface area contributed by atoms with Gasteiger partial charge in [-0.15, -0.1) is 0 Å². The lowest BCUT2D eigenvalue weighted by atomic mass is 10.0. The van der Waals surface area contributed by atoms with Gasteiger partial charge in [0, 0.05) is 11.6 Å². The van der Waals surface area contributed by atoms with Crippen LogP contribution in [-0.2, 0) is 4.74 Å². The van der Waals surface area contributed by atoms with Crippen molar-refractivity contribution in [1.82, 2.24) is 5.43 Å². The van der Waals surface area contributed by atoms with Gasteiger partial charge < -0.3 is 4.74 Å². The third-order valence-electron chi connectivity index (χ3n) is 2.37. The summed E-state index contributed by atoms with van der Waals surface area (Å²) in [6, 6.07) is 3.85. The van der Waals surface area contributed by atoms with Crippen LogP contribution in [-0.4, -0.2) is 12.7 Å². The monoisotopic (exact) mass is 246 g/mol. The van der Waals surface area contributed by atoms with Gasteiger partial charge in [-0.25, -0.2) is 4.39 Å². The molecular formula is C11H16ClFN2O. The lowest BCUT2D eigenvalue weighted by molar-refractivity contribution is 0.0472. The Morgan fingerprint density at radius 2 is 2.25 bits per heavy atom. The Kier molecular flexibility index (Phi) is 5.15. The van der Waals surface area contributed by atoms with E-state index in [0.29, 0.717) is 17.2 Å². The average Bonchev–Trinajstić information content (AvgIpc) is 2.24. The molecule has 3 nitrogen and oxygen atoms in total. The maximum atomic E-state index is 13.1. The van der Waals surface area contributed by atoms with Crippen molar-refractivity contribution in [2.75, 3.05) is 6.61 Å². The highest BCUT2D eigenvalue weighted by atomic mass is 35.5. The van der Waals surface area contributed by atoms with Crippen molar-refractivity contribution < 1.29 is 9.13 Å². The zero-order valence-electron chi connectivity index (χ0n) is 9.34. The molecule has 0 fully saturated rings. The number of hydrogen-bond donors (Lipinski definition) is 2. The molecular weight excluding hydrogens is 231 g/mol. The van der Waals surface area contributed by atoms with Crippen molar-refractivity contribution in [2.45, 2.75) is 26.0 Å². The number of hydrogen-bond acceptors (Lipinski definition) is 3. The molecule has 2 atom stereocenters. The fraction of sp³-hybridized carbons (Fsp3) is 0.455. The molecule has 0 spiro atoms. The van der Waals surface area contributed by atoms with Crippen LogP contribution in [0.3, 0.4) is 0 Å². The Labute approximate surface area is 99.7 Å². The predicted octanol–water partition coefficient (Wildman–Crippen LogP) is 2.41. The van der Waals surface area contributed by atoms with E-state index in [1.165, 1.54) is 18.2 Å². The van der Waals surface area contributed by atoms with Gasteiger partial charge in [0.2, 0.25) is 0 Å². The molecule has 1 aromatic rings. The molecule has 0 bridgehead atoms. The summed E-state index contributed by atoms with van der Waals surface area (Å²) in [5.41, 5.74) is 3.20. The summed E-state index contributed by atoms with van der Waals surface area (Å²) in [5.74, 6) is 5.10. The van der Waals surface area contributed by atoms with Crippen LogP contribution < -0.4 is 11.3 Å². The average molecular weight is 247 g/mol. The third kappa shape index (κ3) is 3.15. The maximum Gasteiger partial charge on any atom is 0.123 e. The van der Waals surface area contributed by atoms with Crippen LogP contribution in [0.1, 0.15) is 25.5 Å². The van der Waals surface area contributed by atoms with E-state index >= 15 is 0 Å². The summed E-state index contributed by atoms with van der Waals surface area (Å²) >= 11 is 6.00. The molecule has 90 valence electrons. The first-order valence-electron chi connectivity index (χ1n) is 5.12. The summed E-state index contributed by atoms with van der Waals surface area (Å²) in [5, 5.41) is 0.468. The van der Waals surface area contributed by atoms with Gasteiger partial charge in [-0.2, -0.15) is 0 Å². The standard InChI is InChI=1S/C11H16ClFN2O/c1-3-16-7(2)11(15-14)9-6-8(13)4-5-10(9)12/h4-7,11,15H,3,14H2,1-2H3. The summed E-state index contributed by atoms with van der Waals surface area (Å²) in [4.78, 5) is 0. The van der Waals surface area contributed by atoms with Crippen molar-refractivity contribution in [3.63, 3.8) is 0 Å². The van der Waals surface area contributed by atoms with E-state index in [9.17, 15) is 4.39 Å². The molecule has 0 saturated carbocycles. The zero-order valence-corrected chi connectivity index (χ0v) is 10.1. The molecule has 16 heavy (non-hydrogen) atoms.